The second kappa shape index (κ2) is 5.80. The van der Waals surface area contributed by atoms with Gasteiger partial charge in [-0.1, -0.05) is 11.6 Å². The minimum Gasteiger partial charge on any atom is -0.393 e. The van der Waals surface area contributed by atoms with Crippen molar-refractivity contribution in [3.05, 3.63) is 34.6 Å². The van der Waals surface area contributed by atoms with E-state index >= 15 is 0 Å². The van der Waals surface area contributed by atoms with Gasteiger partial charge in [0.2, 0.25) is 0 Å². The van der Waals surface area contributed by atoms with Crippen LogP contribution in [0, 0.1) is 5.82 Å². The average molecular weight is 259 g/mol. The van der Waals surface area contributed by atoms with Crippen LogP contribution in [-0.4, -0.2) is 17.3 Å². The molecule has 4 heteroatoms. The van der Waals surface area contributed by atoms with Gasteiger partial charge in [0.1, 0.15) is 5.82 Å². The van der Waals surface area contributed by atoms with Crippen molar-refractivity contribution in [1.82, 2.24) is 0 Å². The molecule has 0 bridgehead atoms. The summed E-state index contributed by atoms with van der Waals surface area (Å²) in [4.78, 5) is 0. The Kier molecular flexibility index (Phi) is 4.37. The van der Waals surface area contributed by atoms with E-state index < -0.39 is 0 Å². The zero-order chi connectivity index (χ0) is 12.3. The van der Waals surface area contributed by atoms with Crippen LogP contribution in [-0.2, 0) is 11.3 Å². The molecule has 0 amide bonds. The summed E-state index contributed by atoms with van der Waals surface area (Å²) in [7, 11) is 0. The maximum Gasteiger partial charge on any atom is 0.123 e. The van der Waals surface area contributed by atoms with Gasteiger partial charge in [0.05, 0.1) is 18.8 Å². The molecule has 1 aliphatic carbocycles. The molecule has 1 aliphatic rings. The maximum absolute atomic E-state index is 13.0. The Hall–Kier alpha value is -0.640. The van der Waals surface area contributed by atoms with Crippen molar-refractivity contribution in [3.63, 3.8) is 0 Å². The van der Waals surface area contributed by atoms with Crippen molar-refractivity contribution in [2.45, 2.75) is 44.5 Å². The van der Waals surface area contributed by atoms with Crippen molar-refractivity contribution in [3.8, 4) is 0 Å². The van der Waals surface area contributed by atoms with Gasteiger partial charge >= 0.3 is 0 Å². The summed E-state index contributed by atoms with van der Waals surface area (Å²) in [5.41, 5.74) is 0.679. The molecule has 0 aromatic heterocycles. The van der Waals surface area contributed by atoms with Gasteiger partial charge in [0, 0.05) is 5.02 Å². The van der Waals surface area contributed by atoms with Gasteiger partial charge in [-0.25, -0.2) is 4.39 Å². The molecule has 0 radical (unpaired) electrons. The van der Waals surface area contributed by atoms with Crippen molar-refractivity contribution < 1.29 is 14.2 Å². The molecular formula is C13H16ClFO2. The second-order valence-electron chi connectivity index (χ2n) is 4.48. The van der Waals surface area contributed by atoms with Crippen molar-refractivity contribution in [1.29, 1.82) is 0 Å². The molecule has 1 aromatic carbocycles. The smallest absolute Gasteiger partial charge is 0.123 e. The van der Waals surface area contributed by atoms with E-state index in [0.717, 1.165) is 25.7 Å². The summed E-state index contributed by atoms with van der Waals surface area (Å²) < 4.78 is 18.7. The van der Waals surface area contributed by atoms with E-state index in [1.807, 2.05) is 0 Å². The minimum absolute atomic E-state index is 0.151. The van der Waals surface area contributed by atoms with E-state index in [2.05, 4.69) is 0 Å². The van der Waals surface area contributed by atoms with Gasteiger partial charge < -0.3 is 9.84 Å². The SMILES string of the molecule is OC1CCC(OCc2cc(F)ccc2Cl)CC1. The molecule has 0 spiro atoms. The highest BCUT2D eigenvalue weighted by molar-refractivity contribution is 6.31. The fourth-order valence-electron chi connectivity index (χ4n) is 2.07. The van der Waals surface area contributed by atoms with Gasteiger partial charge in [-0.15, -0.1) is 0 Å². The summed E-state index contributed by atoms with van der Waals surface area (Å²) in [6.45, 7) is 0.331. The van der Waals surface area contributed by atoms with Crippen LogP contribution >= 0.6 is 11.6 Å². The highest BCUT2D eigenvalue weighted by Gasteiger charge is 2.19. The molecule has 1 aromatic rings. The van der Waals surface area contributed by atoms with Gasteiger partial charge in [-0.2, -0.15) is 0 Å². The van der Waals surface area contributed by atoms with Crippen molar-refractivity contribution in [2.24, 2.45) is 0 Å². The highest BCUT2D eigenvalue weighted by Crippen LogP contribution is 2.24. The molecule has 0 atom stereocenters. The van der Waals surface area contributed by atoms with Crippen LogP contribution in [0.25, 0.3) is 0 Å². The number of aliphatic hydroxyl groups excluding tert-OH is 1. The Labute approximate surface area is 105 Å². The molecule has 1 saturated carbocycles. The number of ether oxygens (including phenoxy) is 1. The number of halogens is 2. The van der Waals surface area contributed by atoms with Gasteiger partial charge in [-0.3, -0.25) is 0 Å². The first-order valence-electron chi connectivity index (χ1n) is 5.89. The molecule has 2 rings (SSSR count). The first-order chi connectivity index (χ1) is 8.15. The Bertz CT molecular complexity index is 376. The second-order valence-corrected chi connectivity index (χ2v) is 4.88. The molecule has 0 unspecified atom stereocenters. The summed E-state index contributed by atoms with van der Waals surface area (Å²) >= 11 is 5.95. The first-order valence-corrected chi connectivity index (χ1v) is 6.26. The van der Waals surface area contributed by atoms with Crippen LogP contribution in [0.2, 0.25) is 5.02 Å². The molecule has 0 aliphatic heterocycles. The van der Waals surface area contributed by atoms with E-state index in [-0.39, 0.29) is 18.0 Å². The molecule has 94 valence electrons. The fourth-order valence-corrected chi connectivity index (χ4v) is 2.25. The lowest BCUT2D eigenvalue weighted by Gasteiger charge is -2.25. The lowest BCUT2D eigenvalue weighted by atomic mass is 9.95. The molecule has 0 saturated heterocycles. The monoisotopic (exact) mass is 258 g/mol. The van der Waals surface area contributed by atoms with Gasteiger partial charge in [0.15, 0.2) is 0 Å². The van der Waals surface area contributed by atoms with Crippen LogP contribution in [0.15, 0.2) is 18.2 Å². The number of rotatable bonds is 3. The molecule has 0 heterocycles. The van der Waals surface area contributed by atoms with E-state index in [9.17, 15) is 9.50 Å². The van der Waals surface area contributed by atoms with E-state index in [4.69, 9.17) is 16.3 Å². The Morgan fingerprint density at radius 3 is 2.71 bits per heavy atom. The molecule has 17 heavy (non-hydrogen) atoms. The number of aliphatic hydroxyl groups is 1. The summed E-state index contributed by atoms with van der Waals surface area (Å²) in [5, 5.41) is 9.90. The first kappa shape index (κ1) is 12.8. The third-order valence-electron chi connectivity index (χ3n) is 3.13. The topological polar surface area (TPSA) is 29.5 Å². The standard InChI is InChI=1S/C13H16ClFO2/c14-13-6-1-10(15)7-9(13)8-17-12-4-2-11(16)3-5-12/h1,6-7,11-12,16H,2-5,8H2. The minimum atomic E-state index is -0.299. The largest absolute Gasteiger partial charge is 0.393 e. The van der Waals surface area contributed by atoms with Crippen LogP contribution in [0.4, 0.5) is 4.39 Å². The van der Waals surface area contributed by atoms with E-state index in [1.54, 1.807) is 6.07 Å². The normalized spacial score (nSPS) is 24.9. The summed E-state index contributed by atoms with van der Waals surface area (Å²) in [6.07, 6.45) is 3.23. The van der Waals surface area contributed by atoms with E-state index in [1.165, 1.54) is 12.1 Å². The third-order valence-corrected chi connectivity index (χ3v) is 3.49. The average Bonchev–Trinajstić information content (AvgIpc) is 2.32. The number of hydrogen-bond donors (Lipinski definition) is 1. The molecular weight excluding hydrogens is 243 g/mol. The predicted molar refractivity (Wildman–Crippen MR) is 64.5 cm³/mol. The van der Waals surface area contributed by atoms with Crippen LogP contribution in [0.1, 0.15) is 31.2 Å². The van der Waals surface area contributed by atoms with Gasteiger partial charge in [0.25, 0.3) is 0 Å². The lowest BCUT2D eigenvalue weighted by molar-refractivity contribution is -0.0119. The van der Waals surface area contributed by atoms with Crippen LogP contribution < -0.4 is 0 Å². The number of benzene rings is 1. The lowest BCUT2D eigenvalue weighted by Crippen LogP contribution is -2.24. The zero-order valence-electron chi connectivity index (χ0n) is 9.53. The predicted octanol–water partition coefficient (Wildman–Crippen LogP) is 3.30. The fraction of sp³-hybridized carbons (Fsp3) is 0.538. The molecule has 1 fully saturated rings. The zero-order valence-corrected chi connectivity index (χ0v) is 10.3. The highest BCUT2D eigenvalue weighted by atomic mass is 35.5. The van der Waals surface area contributed by atoms with Crippen LogP contribution in [0.3, 0.4) is 0 Å². The van der Waals surface area contributed by atoms with Crippen molar-refractivity contribution >= 4 is 11.6 Å². The van der Waals surface area contributed by atoms with Gasteiger partial charge in [-0.05, 0) is 49.4 Å². The van der Waals surface area contributed by atoms with Crippen LogP contribution in [0.5, 0.6) is 0 Å². The molecule has 1 N–H and O–H groups in total. The van der Waals surface area contributed by atoms with E-state index in [0.29, 0.717) is 17.2 Å². The Morgan fingerprint density at radius 2 is 2.00 bits per heavy atom. The Morgan fingerprint density at radius 1 is 1.29 bits per heavy atom. The van der Waals surface area contributed by atoms with Crippen molar-refractivity contribution in [2.75, 3.05) is 0 Å². The summed E-state index contributed by atoms with van der Waals surface area (Å²) in [6, 6.07) is 4.28. The quantitative estimate of drug-likeness (QED) is 0.901. The Balaban J connectivity index is 1.87. The summed E-state index contributed by atoms with van der Waals surface area (Å²) in [5.74, 6) is -0.299. The third kappa shape index (κ3) is 3.66. The molecule has 2 nitrogen and oxygen atoms in total. The number of hydrogen-bond acceptors (Lipinski definition) is 2. The maximum atomic E-state index is 13.0.